The van der Waals surface area contributed by atoms with Crippen molar-refractivity contribution >= 4 is 0 Å². The second-order valence-electron chi connectivity index (χ2n) is 3.02. The number of aliphatic hydroxyl groups is 1. The predicted molar refractivity (Wildman–Crippen MR) is 41.4 cm³/mol. The fourth-order valence-electron chi connectivity index (χ4n) is 1.49. The minimum absolute atomic E-state index is 0.282. The lowest BCUT2D eigenvalue weighted by atomic mass is 9.92. The van der Waals surface area contributed by atoms with Gasteiger partial charge in [0.2, 0.25) is 0 Å². The van der Waals surface area contributed by atoms with Gasteiger partial charge >= 0.3 is 0 Å². The Kier molecular flexibility index (Phi) is 3.79. The predicted octanol–water partition coefficient (Wildman–Crippen LogP) is -0.674. The Morgan fingerprint density at radius 2 is 2.09 bits per heavy atom. The van der Waals surface area contributed by atoms with Gasteiger partial charge in [0.15, 0.2) is 0 Å². The summed E-state index contributed by atoms with van der Waals surface area (Å²) in [4.78, 5) is 0. The van der Waals surface area contributed by atoms with Crippen LogP contribution in [-0.2, 0) is 0 Å². The average Bonchev–Trinajstić information content (AvgIpc) is 2.07. The molecule has 0 aromatic rings. The molecule has 4 nitrogen and oxygen atoms in total. The Morgan fingerprint density at radius 3 is 2.64 bits per heavy atom. The third-order valence-electron chi connectivity index (χ3n) is 2.23. The normalized spacial score (nSPS) is 23.5. The van der Waals surface area contributed by atoms with Crippen molar-refractivity contribution < 1.29 is 10.3 Å². The average molecular weight is 160 g/mol. The van der Waals surface area contributed by atoms with E-state index >= 15 is 0 Å². The second kappa shape index (κ2) is 4.66. The third kappa shape index (κ3) is 2.75. The number of rotatable bonds is 3. The van der Waals surface area contributed by atoms with E-state index in [0.29, 0.717) is 5.92 Å². The molecule has 1 heterocycles. The Labute approximate surface area is 66.6 Å². The molecule has 0 aromatic heterocycles. The van der Waals surface area contributed by atoms with E-state index < -0.39 is 6.10 Å². The number of hydrogen-bond acceptors (Lipinski definition) is 4. The quantitative estimate of drug-likeness (QED) is 0.413. The molecule has 0 bridgehead atoms. The molecule has 4 heteroatoms. The molecule has 0 aromatic carbocycles. The molecule has 0 radical (unpaired) electrons. The number of hydroxylamine groups is 1. The standard InChI is InChI=1S/C7H16N2O2/c10-7(5-9-11)6-1-3-8-4-2-6/h6-11H,1-5H2. The highest BCUT2D eigenvalue weighted by Gasteiger charge is 2.20. The topological polar surface area (TPSA) is 64.5 Å². The molecule has 0 spiro atoms. The Morgan fingerprint density at radius 1 is 1.45 bits per heavy atom. The smallest absolute Gasteiger partial charge is 0.0716 e. The van der Waals surface area contributed by atoms with Crippen molar-refractivity contribution in [1.29, 1.82) is 0 Å². The first-order valence-corrected chi connectivity index (χ1v) is 4.10. The minimum Gasteiger partial charge on any atom is -0.391 e. The van der Waals surface area contributed by atoms with Gasteiger partial charge in [0.25, 0.3) is 0 Å². The molecule has 4 N–H and O–H groups in total. The number of piperidine rings is 1. The monoisotopic (exact) mass is 160 g/mol. The van der Waals surface area contributed by atoms with Crippen LogP contribution in [0, 0.1) is 5.92 Å². The molecular formula is C7H16N2O2. The SMILES string of the molecule is ONCC(O)C1CCNCC1. The molecule has 1 saturated heterocycles. The first kappa shape index (κ1) is 8.93. The molecule has 1 fully saturated rings. The van der Waals surface area contributed by atoms with Gasteiger partial charge in [0.05, 0.1) is 6.10 Å². The van der Waals surface area contributed by atoms with Crippen LogP contribution < -0.4 is 10.8 Å². The maximum Gasteiger partial charge on any atom is 0.0716 e. The molecule has 1 atom stereocenters. The van der Waals surface area contributed by atoms with E-state index in [9.17, 15) is 5.11 Å². The maximum absolute atomic E-state index is 9.42. The summed E-state index contributed by atoms with van der Waals surface area (Å²) in [6.45, 7) is 2.24. The first-order chi connectivity index (χ1) is 5.34. The van der Waals surface area contributed by atoms with Gasteiger partial charge in [-0.3, -0.25) is 0 Å². The molecule has 11 heavy (non-hydrogen) atoms. The maximum atomic E-state index is 9.42. The summed E-state index contributed by atoms with van der Waals surface area (Å²) in [5.41, 5.74) is 1.99. The van der Waals surface area contributed by atoms with E-state index in [1.807, 2.05) is 5.48 Å². The van der Waals surface area contributed by atoms with E-state index in [1.165, 1.54) is 0 Å². The molecule has 1 rings (SSSR count). The highest BCUT2D eigenvalue weighted by molar-refractivity contribution is 4.75. The van der Waals surface area contributed by atoms with E-state index in [2.05, 4.69) is 5.32 Å². The highest BCUT2D eigenvalue weighted by atomic mass is 16.5. The highest BCUT2D eigenvalue weighted by Crippen LogP contribution is 2.15. The summed E-state index contributed by atoms with van der Waals surface area (Å²) in [6.07, 6.45) is 1.60. The van der Waals surface area contributed by atoms with Gasteiger partial charge in [-0.1, -0.05) is 0 Å². The van der Waals surface area contributed by atoms with Crippen molar-refractivity contribution in [2.24, 2.45) is 5.92 Å². The largest absolute Gasteiger partial charge is 0.391 e. The minimum atomic E-state index is -0.401. The van der Waals surface area contributed by atoms with Gasteiger partial charge in [-0.25, -0.2) is 5.48 Å². The van der Waals surface area contributed by atoms with Gasteiger partial charge in [0, 0.05) is 6.54 Å². The lowest BCUT2D eigenvalue weighted by Gasteiger charge is -2.26. The zero-order valence-corrected chi connectivity index (χ0v) is 6.58. The van der Waals surface area contributed by atoms with E-state index in [0.717, 1.165) is 25.9 Å². The van der Waals surface area contributed by atoms with E-state index in [4.69, 9.17) is 5.21 Å². The van der Waals surface area contributed by atoms with Gasteiger partial charge in [-0.15, -0.1) is 0 Å². The molecule has 1 aliphatic rings. The summed E-state index contributed by atoms with van der Waals surface area (Å²) < 4.78 is 0. The zero-order chi connectivity index (χ0) is 8.10. The Bertz CT molecular complexity index is 105. The van der Waals surface area contributed by atoms with Crippen molar-refractivity contribution in [2.75, 3.05) is 19.6 Å². The van der Waals surface area contributed by atoms with Gasteiger partial charge < -0.3 is 15.6 Å². The summed E-state index contributed by atoms with van der Waals surface area (Å²) in [7, 11) is 0. The lowest BCUT2D eigenvalue weighted by molar-refractivity contribution is 0.0450. The third-order valence-corrected chi connectivity index (χ3v) is 2.23. The van der Waals surface area contributed by atoms with Crippen LogP contribution in [-0.4, -0.2) is 36.1 Å². The molecule has 66 valence electrons. The Hall–Kier alpha value is -0.160. The fraction of sp³-hybridized carbons (Fsp3) is 1.00. The molecule has 1 unspecified atom stereocenters. The second-order valence-corrected chi connectivity index (χ2v) is 3.02. The van der Waals surface area contributed by atoms with Crippen molar-refractivity contribution in [2.45, 2.75) is 18.9 Å². The van der Waals surface area contributed by atoms with Crippen LogP contribution in [0.25, 0.3) is 0 Å². The first-order valence-electron chi connectivity index (χ1n) is 4.10. The molecule has 1 aliphatic heterocycles. The summed E-state index contributed by atoms with van der Waals surface area (Å²) >= 11 is 0. The lowest BCUT2D eigenvalue weighted by Crippen LogP contribution is -2.38. The molecule has 0 saturated carbocycles. The van der Waals surface area contributed by atoms with Crippen LogP contribution in [0.2, 0.25) is 0 Å². The fourth-order valence-corrected chi connectivity index (χ4v) is 1.49. The van der Waals surface area contributed by atoms with Gasteiger partial charge in [0.1, 0.15) is 0 Å². The molecule has 0 aliphatic carbocycles. The van der Waals surface area contributed by atoms with Gasteiger partial charge in [-0.2, -0.15) is 0 Å². The number of hydrogen-bond donors (Lipinski definition) is 4. The van der Waals surface area contributed by atoms with Crippen molar-refractivity contribution in [1.82, 2.24) is 10.8 Å². The van der Waals surface area contributed by atoms with Gasteiger partial charge in [-0.05, 0) is 31.8 Å². The zero-order valence-electron chi connectivity index (χ0n) is 6.58. The summed E-state index contributed by atoms with van der Waals surface area (Å²) in [6, 6.07) is 0. The Balaban J connectivity index is 2.21. The number of nitrogens with one attached hydrogen (secondary N) is 2. The van der Waals surface area contributed by atoms with Crippen molar-refractivity contribution in [3.8, 4) is 0 Å². The van der Waals surface area contributed by atoms with Crippen LogP contribution in [0.4, 0.5) is 0 Å². The van der Waals surface area contributed by atoms with Crippen LogP contribution in [0.5, 0.6) is 0 Å². The van der Waals surface area contributed by atoms with Crippen LogP contribution in [0.3, 0.4) is 0 Å². The van der Waals surface area contributed by atoms with Crippen molar-refractivity contribution in [3.63, 3.8) is 0 Å². The number of aliphatic hydroxyl groups excluding tert-OH is 1. The van der Waals surface area contributed by atoms with Crippen LogP contribution in [0.1, 0.15) is 12.8 Å². The summed E-state index contributed by atoms with van der Waals surface area (Å²) in [5.74, 6) is 0.343. The summed E-state index contributed by atoms with van der Waals surface area (Å²) in [5, 5.41) is 21.0. The van der Waals surface area contributed by atoms with Crippen molar-refractivity contribution in [3.05, 3.63) is 0 Å². The molecule has 0 amide bonds. The van der Waals surface area contributed by atoms with Crippen LogP contribution in [0.15, 0.2) is 0 Å². The van der Waals surface area contributed by atoms with E-state index in [1.54, 1.807) is 0 Å². The van der Waals surface area contributed by atoms with Crippen LogP contribution >= 0.6 is 0 Å². The molecular weight excluding hydrogens is 144 g/mol. The van der Waals surface area contributed by atoms with E-state index in [-0.39, 0.29) is 6.54 Å².